The molecule has 0 saturated heterocycles. The van der Waals surface area contributed by atoms with Crippen LogP contribution in [-0.4, -0.2) is 21.2 Å². The van der Waals surface area contributed by atoms with Gasteiger partial charge in [0.25, 0.3) is 11.4 Å². The van der Waals surface area contributed by atoms with E-state index in [1.807, 2.05) is 0 Å². The van der Waals surface area contributed by atoms with E-state index in [2.05, 4.69) is 7.85 Å². The number of hydrogen-bond donors (Lipinski definition) is 2. The van der Waals surface area contributed by atoms with Gasteiger partial charge in [-0.15, -0.1) is 0 Å². The van der Waals surface area contributed by atoms with Crippen molar-refractivity contribution >= 4 is 19.2 Å². The van der Waals surface area contributed by atoms with Crippen LogP contribution in [0.15, 0.2) is 0 Å². The van der Waals surface area contributed by atoms with E-state index < -0.39 is 11.4 Å². The monoisotopic (exact) mass is 108 g/mol. The van der Waals surface area contributed by atoms with E-state index in [4.69, 9.17) is 13.3 Å². The Hall–Kier alpha value is 0.135. The highest BCUT2D eigenvalue weighted by atomic mass is 32.2. The molecule has 0 bridgehead atoms. The predicted octanol–water partition coefficient (Wildman–Crippen LogP) is -0.116. The van der Waals surface area contributed by atoms with Crippen molar-refractivity contribution in [2.24, 2.45) is 0 Å². The third-order valence-electron chi connectivity index (χ3n) is 0. The Morgan fingerprint density at radius 2 is 1.50 bits per heavy atom. The lowest BCUT2D eigenvalue weighted by Gasteiger charge is -1.59. The van der Waals surface area contributed by atoms with Crippen molar-refractivity contribution in [3.8, 4) is 0 Å². The number of hydrogen-bond acceptors (Lipinski definition) is 1. The largest absolute Gasteiger partial charge is 0.299 e. The van der Waals surface area contributed by atoms with Crippen molar-refractivity contribution in [1.29, 1.82) is 0 Å². The first-order valence-corrected chi connectivity index (χ1v) is 2.17. The molecule has 0 aliphatic rings. The first-order chi connectivity index (χ1) is 2.73. The molecule has 0 unspecified atom stereocenters. The van der Waals surface area contributed by atoms with Gasteiger partial charge in [0.1, 0.15) is 0 Å². The molecule has 0 heterocycles. The Bertz CT molecular complexity index is 33.8. The molecule has 0 spiro atoms. The standard InChI is InChI=1S/CH3B.H2O3S/c1-2;1-4(2)3/h1H3;(H2,1,2,3). The lowest BCUT2D eigenvalue weighted by molar-refractivity contribution is 0.454. The maximum atomic E-state index is 8.67. The van der Waals surface area contributed by atoms with Gasteiger partial charge in [-0.2, -0.15) is 4.21 Å². The van der Waals surface area contributed by atoms with Gasteiger partial charge in [-0.3, -0.25) is 9.11 Å². The molecular formula is CH5BO3S. The van der Waals surface area contributed by atoms with Gasteiger partial charge >= 0.3 is 0 Å². The highest BCUT2D eigenvalue weighted by Crippen LogP contribution is 1.44. The van der Waals surface area contributed by atoms with Crippen molar-refractivity contribution in [2.45, 2.75) is 6.82 Å². The van der Waals surface area contributed by atoms with Crippen LogP contribution in [-0.2, 0) is 11.4 Å². The Morgan fingerprint density at radius 3 is 1.50 bits per heavy atom. The molecule has 0 aromatic carbocycles. The molecule has 0 amide bonds. The second kappa shape index (κ2) is 8.93. The van der Waals surface area contributed by atoms with Crippen molar-refractivity contribution in [2.75, 3.05) is 0 Å². The molecule has 0 atom stereocenters. The lowest BCUT2D eigenvalue weighted by Crippen LogP contribution is -1.74. The fourth-order valence-corrected chi connectivity index (χ4v) is 0. The fraction of sp³-hybridized carbons (Fsp3) is 1.00. The van der Waals surface area contributed by atoms with Gasteiger partial charge in [0.15, 0.2) is 0 Å². The third-order valence-corrected chi connectivity index (χ3v) is 0. The molecule has 5 heteroatoms. The van der Waals surface area contributed by atoms with Crippen molar-refractivity contribution < 1.29 is 13.3 Å². The van der Waals surface area contributed by atoms with E-state index >= 15 is 0 Å². The molecular weight excluding hydrogens is 103 g/mol. The van der Waals surface area contributed by atoms with Gasteiger partial charge in [0.05, 0.1) is 7.85 Å². The molecule has 0 aromatic rings. The van der Waals surface area contributed by atoms with Crippen molar-refractivity contribution in [3.05, 3.63) is 0 Å². The minimum Gasteiger partial charge on any atom is -0.284 e. The summed E-state index contributed by atoms with van der Waals surface area (Å²) in [6.45, 7) is 1.50. The zero-order chi connectivity index (χ0) is 5.58. The minimum absolute atomic E-state index is 1.50. The average Bonchev–Trinajstić information content (AvgIpc) is 1.41. The topological polar surface area (TPSA) is 57.5 Å². The minimum atomic E-state index is -2.61. The maximum Gasteiger partial charge on any atom is 0.299 e. The van der Waals surface area contributed by atoms with E-state index in [-0.39, 0.29) is 0 Å². The van der Waals surface area contributed by atoms with E-state index in [9.17, 15) is 0 Å². The van der Waals surface area contributed by atoms with Crippen LogP contribution in [0.2, 0.25) is 6.82 Å². The second-order valence-corrected chi connectivity index (χ2v) is 0.692. The quantitative estimate of drug-likeness (QED) is 0.336. The van der Waals surface area contributed by atoms with E-state index in [1.54, 1.807) is 0 Å². The summed E-state index contributed by atoms with van der Waals surface area (Å²) in [6.07, 6.45) is 0. The smallest absolute Gasteiger partial charge is 0.284 e. The van der Waals surface area contributed by atoms with Gasteiger partial charge in [0.2, 0.25) is 0 Å². The summed E-state index contributed by atoms with van der Waals surface area (Å²) in [5.41, 5.74) is 0. The summed E-state index contributed by atoms with van der Waals surface area (Å²) in [6, 6.07) is 0. The Kier molecular flexibility index (Phi) is 14.1. The zero-order valence-electron chi connectivity index (χ0n) is 3.29. The molecule has 0 aromatic heterocycles. The zero-order valence-corrected chi connectivity index (χ0v) is 4.10. The van der Waals surface area contributed by atoms with Crippen LogP contribution in [0.1, 0.15) is 0 Å². The molecule has 0 saturated carbocycles. The second-order valence-electron chi connectivity index (χ2n) is 0.231. The molecule has 2 radical (unpaired) electrons. The van der Waals surface area contributed by atoms with Crippen LogP contribution in [0, 0.1) is 0 Å². The highest BCUT2D eigenvalue weighted by molar-refractivity contribution is 7.73. The normalized spacial score (nSPS) is 6.67. The van der Waals surface area contributed by atoms with Crippen LogP contribution in [0.5, 0.6) is 0 Å². The maximum absolute atomic E-state index is 8.67. The van der Waals surface area contributed by atoms with Crippen molar-refractivity contribution in [1.82, 2.24) is 0 Å². The molecule has 0 aliphatic heterocycles. The Morgan fingerprint density at radius 1 is 1.50 bits per heavy atom. The van der Waals surface area contributed by atoms with Crippen LogP contribution in [0.3, 0.4) is 0 Å². The summed E-state index contributed by atoms with van der Waals surface area (Å²) in [4.78, 5) is 0. The van der Waals surface area contributed by atoms with Gasteiger partial charge in [-0.25, -0.2) is 0 Å². The van der Waals surface area contributed by atoms with E-state index in [1.165, 1.54) is 6.82 Å². The van der Waals surface area contributed by atoms with E-state index in [0.29, 0.717) is 0 Å². The molecule has 0 fully saturated rings. The molecule has 0 rings (SSSR count). The first-order valence-electron chi connectivity index (χ1n) is 1.11. The lowest BCUT2D eigenvalue weighted by atomic mass is 10.2. The molecule has 6 heavy (non-hydrogen) atoms. The van der Waals surface area contributed by atoms with Gasteiger partial charge in [0, 0.05) is 0 Å². The predicted molar refractivity (Wildman–Crippen MR) is 25.0 cm³/mol. The summed E-state index contributed by atoms with van der Waals surface area (Å²) in [7, 11) is 4.50. The van der Waals surface area contributed by atoms with Gasteiger partial charge < -0.3 is 0 Å². The summed E-state index contributed by atoms with van der Waals surface area (Å²) in [5, 5.41) is 0. The molecule has 0 aliphatic carbocycles. The van der Waals surface area contributed by atoms with Crippen LogP contribution >= 0.6 is 0 Å². The van der Waals surface area contributed by atoms with Crippen molar-refractivity contribution in [3.63, 3.8) is 0 Å². The van der Waals surface area contributed by atoms with E-state index in [0.717, 1.165) is 0 Å². The van der Waals surface area contributed by atoms with Crippen LogP contribution < -0.4 is 0 Å². The van der Waals surface area contributed by atoms with Crippen LogP contribution in [0.25, 0.3) is 0 Å². The summed E-state index contributed by atoms with van der Waals surface area (Å²) >= 11 is -2.61. The number of rotatable bonds is 0. The summed E-state index contributed by atoms with van der Waals surface area (Å²) < 4.78 is 22.8. The Balaban J connectivity index is 0. The van der Waals surface area contributed by atoms with Crippen LogP contribution in [0.4, 0.5) is 0 Å². The molecule has 36 valence electrons. The summed E-state index contributed by atoms with van der Waals surface area (Å²) in [5.74, 6) is 0. The average molecular weight is 108 g/mol. The SMILES string of the molecule is O=S(O)O.[B]C. The highest BCUT2D eigenvalue weighted by Gasteiger charge is 1.62. The molecule has 3 nitrogen and oxygen atoms in total. The third kappa shape index (κ3) is 2230. The molecule has 2 N–H and O–H groups in total. The van der Waals surface area contributed by atoms with Gasteiger partial charge in [-0.1, -0.05) is 6.82 Å². The first kappa shape index (κ1) is 9.46. The fourth-order valence-electron chi connectivity index (χ4n) is 0. The Labute approximate surface area is 40.3 Å². The van der Waals surface area contributed by atoms with Gasteiger partial charge in [-0.05, 0) is 0 Å².